The molecule has 2 aromatic heterocycles. The summed E-state index contributed by atoms with van der Waals surface area (Å²) in [7, 11) is 0. The highest BCUT2D eigenvalue weighted by Crippen LogP contribution is 2.02. The summed E-state index contributed by atoms with van der Waals surface area (Å²) in [5.41, 5.74) is 0. The van der Waals surface area contributed by atoms with Crippen LogP contribution in [0, 0.1) is 0 Å². The summed E-state index contributed by atoms with van der Waals surface area (Å²) < 4.78 is 7.22. The molecule has 0 aliphatic rings. The van der Waals surface area contributed by atoms with Crippen molar-refractivity contribution < 1.29 is 9.21 Å². The van der Waals surface area contributed by atoms with E-state index >= 15 is 0 Å². The Kier molecular flexibility index (Phi) is 4.64. The van der Waals surface area contributed by atoms with Crippen LogP contribution in [0.4, 0.5) is 0 Å². The van der Waals surface area contributed by atoms with Crippen LogP contribution < -0.4 is 5.32 Å². The topological polar surface area (TPSA) is 47.2 Å². The number of aromatic nitrogens is 1. The van der Waals surface area contributed by atoms with Crippen molar-refractivity contribution in [3.8, 4) is 0 Å². The predicted molar refractivity (Wildman–Crippen MR) is 69.1 cm³/mol. The average Bonchev–Trinajstić information content (AvgIpc) is 3.04. The van der Waals surface area contributed by atoms with Crippen LogP contribution in [0.2, 0.25) is 0 Å². The van der Waals surface area contributed by atoms with E-state index in [1.165, 1.54) is 0 Å². The maximum Gasteiger partial charge on any atom is 0.221 e. The van der Waals surface area contributed by atoms with E-state index < -0.39 is 0 Å². The molecule has 2 aromatic rings. The lowest BCUT2D eigenvalue weighted by molar-refractivity contribution is -0.121. The highest BCUT2D eigenvalue weighted by atomic mass is 16.3. The summed E-state index contributed by atoms with van der Waals surface area (Å²) in [6.45, 7) is 1.43. The van der Waals surface area contributed by atoms with Crippen LogP contribution in [0.5, 0.6) is 0 Å². The Hall–Kier alpha value is -1.97. The summed E-state index contributed by atoms with van der Waals surface area (Å²) in [5.74, 6) is 1.07. The zero-order chi connectivity index (χ0) is 12.6. The van der Waals surface area contributed by atoms with E-state index in [4.69, 9.17) is 4.42 Å². The number of carbonyl (C=O) groups is 1. The van der Waals surface area contributed by atoms with Gasteiger partial charge in [0.25, 0.3) is 0 Å². The highest BCUT2D eigenvalue weighted by Gasteiger charge is 2.01. The van der Waals surface area contributed by atoms with Crippen LogP contribution in [0.1, 0.15) is 18.6 Å². The minimum atomic E-state index is 0.100. The van der Waals surface area contributed by atoms with Crippen LogP contribution in [0.25, 0.3) is 0 Å². The van der Waals surface area contributed by atoms with Gasteiger partial charge in [0.2, 0.25) is 5.91 Å². The third-order valence-corrected chi connectivity index (χ3v) is 2.77. The molecule has 0 atom stereocenters. The molecule has 0 radical (unpaired) electrons. The molecule has 0 bridgehead atoms. The predicted octanol–water partition coefficient (Wildman–Crippen LogP) is 2.22. The van der Waals surface area contributed by atoms with E-state index in [-0.39, 0.29) is 5.91 Å². The summed E-state index contributed by atoms with van der Waals surface area (Å²) in [6.07, 6.45) is 7.89. The number of furan rings is 1. The molecule has 0 unspecified atom stereocenters. The molecule has 0 aliphatic carbocycles. The van der Waals surface area contributed by atoms with Crippen molar-refractivity contribution >= 4 is 5.91 Å². The Balaban J connectivity index is 1.55. The second-order valence-electron chi connectivity index (χ2n) is 4.20. The molecule has 4 nitrogen and oxygen atoms in total. The number of aryl methyl sites for hydroxylation is 2. The monoisotopic (exact) mass is 246 g/mol. The number of nitrogens with one attached hydrogen (secondary N) is 1. The Morgan fingerprint density at radius 1 is 1.28 bits per heavy atom. The molecule has 0 aliphatic heterocycles. The molecular weight excluding hydrogens is 228 g/mol. The smallest absolute Gasteiger partial charge is 0.221 e. The van der Waals surface area contributed by atoms with Gasteiger partial charge < -0.3 is 14.3 Å². The molecule has 2 rings (SSSR count). The lowest BCUT2D eigenvalue weighted by Crippen LogP contribution is -2.25. The van der Waals surface area contributed by atoms with Crippen molar-refractivity contribution in [2.75, 3.05) is 6.54 Å². The van der Waals surface area contributed by atoms with Gasteiger partial charge in [-0.25, -0.2) is 0 Å². The van der Waals surface area contributed by atoms with Gasteiger partial charge in [-0.2, -0.15) is 0 Å². The minimum Gasteiger partial charge on any atom is -0.469 e. The van der Waals surface area contributed by atoms with Gasteiger partial charge in [0.05, 0.1) is 6.26 Å². The van der Waals surface area contributed by atoms with Crippen molar-refractivity contribution in [1.29, 1.82) is 0 Å². The molecule has 1 N–H and O–H groups in total. The third kappa shape index (κ3) is 4.13. The summed E-state index contributed by atoms with van der Waals surface area (Å²) >= 11 is 0. The molecule has 0 saturated carbocycles. The molecule has 1 amide bonds. The van der Waals surface area contributed by atoms with Gasteiger partial charge in [0.15, 0.2) is 0 Å². The van der Waals surface area contributed by atoms with E-state index in [0.29, 0.717) is 13.0 Å². The van der Waals surface area contributed by atoms with Crippen LogP contribution >= 0.6 is 0 Å². The number of amides is 1. The van der Waals surface area contributed by atoms with E-state index in [9.17, 15) is 4.79 Å². The van der Waals surface area contributed by atoms with E-state index in [0.717, 1.165) is 25.1 Å². The van der Waals surface area contributed by atoms with Crippen molar-refractivity contribution in [3.63, 3.8) is 0 Å². The minimum absolute atomic E-state index is 0.100. The second-order valence-corrected chi connectivity index (χ2v) is 4.20. The van der Waals surface area contributed by atoms with Crippen molar-refractivity contribution in [3.05, 3.63) is 48.7 Å². The Labute approximate surface area is 107 Å². The fourth-order valence-corrected chi connectivity index (χ4v) is 1.78. The second kappa shape index (κ2) is 6.69. The first-order valence-electron chi connectivity index (χ1n) is 6.24. The largest absolute Gasteiger partial charge is 0.469 e. The molecule has 2 heterocycles. The summed E-state index contributed by atoms with van der Waals surface area (Å²) in [5, 5.41) is 2.91. The van der Waals surface area contributed by atoms with Gasteiger partial charge in [-0.05, 0) is 30.7 Å². The number of rotatable bonds is 7. The van der Waals surface area contributed by atoms with Crippen LogP contribution in [0.3, 0.4) is 0 Å². The Morgan fingerprint density at radius 2 is 2.11 bits per heavy atom. The molecule has 0 spiro atoms. The fourth-order valence-electron chi connectivity index (χ4n) is 1.78. The maximum absolute atomic E-state index is 11.6. The number of nitrogens with zero attached hydrogens (tertiary/aromatic N) is 1. The van der Waals surface area contributed by atoms with Crippen LogP contribution in [-0.2, 0) is 17.8 Å². The molecule has 18 heavy (non-hydrogen) atoms. The first-order valence-corrected chi connectivity index (χ1v) is 6.24. The summed E-state index contributed by atoms with van der Waals surface area (Å²) in [6, 6.07) is 7.75. The lowest BCUT2D eigenvalue weighted by atomic mass is 10.2. The normalized spacial score (nSPS) is 10.4. The van der Waals surface area contributed by atoms with E-state index in [1.54, 1.807) is 6.26 Å². The van der Waals surface area contributed by atoms with Crippen molar-refractivity contribution in [2.24, 2.45) is 0 Å². The third-order valence-electron chi connectivity index (χ3n) is 2.77. The lowest BCUT2D eigenvalue weighted by Gasteiger charge is -2.05. The fraction of sp³-hybridized carbons (Fsp3) is 0.357. The zero-order valence-corrected chi connectivity index (χ0v) is 10.3. The molecule has 0 saturated heterocycles. The average molecular weight is 246 g/mol. The van der Waals surface area contributed by atoms with Crippen LogP contribution in [0.15, 0.2) is 47.3 Å². The quantitative estimate of drug-likeness (QED) is 0.761. The Morgan fingerprint density at radius 3 is 2.83 bits per heavy atom. The van der Waals surface area contributed by atoms with Crippen molar-refractivity contribution in [2.45, 2.75) is 25.8 Å². The molecule has 96 valence electrons. The van der Waals surface area contributed by atoms with Gasteiger partial charge in [-0.15, -0.1) is 0 Å². The van der Waals surface area contributed by atoms with Gasteiger partial charge in [-0.1, -0.05) is 0 Å². The van der Waals surface area contributed by atoms with Crippen molar-refractivity contribution in [1.82, 2.24) is 9.88 Å². The zero-order valence-electron chi connectivity index (χ0n) is 10.3. The summed E-state index contributed by atoms with van der Waals surface area (Å²) in [4.78, 5) is 11.6. The molecular formula is C14H18N2O2. The Bertz CT molecular complexity index is 446. The van der Waals surface area contributed by atoms with Gasteiger partial charge in [0, 0.05) is 38.3 Å². The SMILES string of the molecule is O=C(CCn1cccc1)NCCCc1ccco1. The number of hydrogen-bond acceptors (Lipinski definition) is 2. The number of carbonyl (C=O) groups excluding carboxylic acids is 1. The first kappa shape index (κ1) is 12.5. The molecule has 4 heteroatoms. The van der Waals surface area contributed by atoms with Gasteiger partial charge in [0.1, 0.15) is 5.76 Å². The maximum atomic E-state index is 11.6. The number of hydrogen-bond donors (Lipinski definition) is 1. The molecule has 0 fully saturated rings. The first-order chi connectivity index (χ1) is 8.84. The van der Waals surface area contributed by atoms with E-state index in [1.807, 2.05) is 41.2 Å². The highest BCUT2D eigenvalue weighted by molar-refractivity contribution is 5.75. The van der Waals surface area contributed by atoms with Gasteiger partial charge in [-0.3, -0.25) is 4.79 Å². The van der Waals surface area contributed by atoms with Gasteiger partial charge >= 0.3 is 0 Å². The van der Waals surface area contributed by atoms with Crippen LogP contribution in [-0.4, -0.2) is 17.0 Å². The van der Waals surface area contributed by atoms with E-state index in [2.05, 4.69) is 5.32 Å². The standard InChI is InChI=1S/C14H18N2O2/c17-14(7-11-16-9-1-2-10-16)15-8-3-5-13-6-4-12-18-13/h1-2,4,6,9-10,12H,3,5,7-8,11H2,(H,15,17). The molecule has 0 aromatic carbocycles.